The van der Waals surface area contributed by atoms with E-state index in [1.807, 2.05) is 11.0 Å². The summed E-state index contributed by atoms with van der Waals surface area (Å²) in [4.78, 5) is 66.3. The molecule has 258 valence electrons. The van der Waals surface area contributed by atoms with E-state index in [0.29, 0.717) is 18.8 Å². The maximum Gasteiger partial charge on any atom is 0.416 e. The molecule has 2 saturated heterocycles. The van der Waals surface area contributed by atoms with Crippen molar-refractivity contribution in [3.8, 4) is 29.8 Å². The minimum Gasteiger partial charge on any atom is -0.369 e. The van der Waals surface area contributed by atoms with E-state index in [-0.39, 0.29) is 52.4 Å². The summed E-state index contributed by atoms with van der Waals surface area (Å²) in [5.74, 6) is 8.14. The molecule has 3 aromatic rings. The van der Waals surface area contributed by atoms with Gasteiger partial charge in [-0.3, -0.25) is 38.9 Å². The Morgan fingerprint density at radius 2 is 1.73 bits per heavy atom. The second-order valence-electron chi connectivity index (χ2n) is 12.6. The first-order valence-corrected chi connectivity index (χ1v) is 15.7. The number of hydrogen-bond donors (Lipinski definition) is 2. The van der Waals surface area contributed by atoms with Crippen LogP contribution in [-0.2, 0) is 26.1 Å². The molecule has 51 heavy (non-hydrogen) atoms. The molecule has 15 heteroatoms. The Hall–Kier alpha value is -6.40. The molecular formula is C36H28F3N7O5. The topological polar surface area (TPSA) is 158 Å². The molecule has 0 radical (unpaired) electrons. The SMILES string of the molecule is CC#Cc1cc(C(F)(F)F)ccc1NC(=O)C(C)(C)n1cc(C#CC2CN(c3ccc4c(c3)C(=O)N(C3CCC(=O)NC3=O)C4=O)C2)c(C#N)n1. The first-order valence-electron chi connectivity index (χ1n) is 15.7. The van der Waals surface area contributed by atoms with Gasteiger partial charge in [0.1, 0.15) is 17.6 Å². The number of nitriles is 1. The third-order valence-corrected chi connectivity index (χ3v) is 8.88. The van der Waals surface area contributed by atoms with Crippen molar-refractivity contribution in [1.29, 1.82) is 5.26 Å². The standard InChI is InChI=1S/C36H28F3N7O5/c1-4-5-21-14-23(36(37,38)39)8-11-27(21)41-34(51)35(2,3)45-19-22(28(16-40)43-45)7-6-20-17-44(18-20)24-9-10-25-26(15-24)33(50)46(32(25)49)29-12-13-30(47)42-31(29)48/h8-11,14-15,19-20,29H,12-13,17-18H2,1-3H3,(H,41,51)(H,42,47,48). The predicted octanol–water partition coefficient (Wildman–Crippen LogP) is 3.41. The smallest absolute Gasteiger partial charge is 0.369 e. The number of carbonyl (C=O) groups excluding carboxylic acids is 5. The Balaban J connectivity index is 1.13. The maximum atomic E-state index is 13.4. The number of imide groups is 2. The van der Waals surface area contributed by atoms with Crippen LogP contribution in [0, 0.1) is 40.9 Å². The Kier molecular flexibility index (Phi) is 8.65. The molecule has 1 atom stereocenters. The first-order chi connectivity index (χ1) is 24.1. The van der Waals surface area contributed by atoms with Crippen LogP contribution in [-0.4, -0.2) is 63.3 Å². The van der Waals surface area contributed by atoms with E-state index in [1.54, 1.807) is 12.1 Å². The van der Waals surface area contributed by atoms with Crippen LogP contribution in [0.4, 0.5) is 24.5 Å². The average molecular weight is 696 g/mol. The summed E-state index contributed by atoms with van der Waals surface area (Å²) in [6, 6.07) is 8.60. The van der Waals surface area contributed by atoms with Crippen LogP contribution in [0.3, 0.4) is 0 Å². The summed E-state index contributed by atoms with van der Waals surface area (Å²) >= 11 is 0. The molecule has 2 aromatic carbocycles. The molecule has 6 rings (SSSR count). The highest BCUT2D eigenvalue weighted by molar-refractivity contribution is 6.23. The number of hydrogen-bond acceptors (Lipinski definition) is 8. The number of fused-ring (bicyclic) bond motifs is 1. The molecule has 0 bridgehead atoms. The molecule has 4 heterocycles. The highest BCUT2D eigenvalue weighted by atomic mass is 19.4. The summed E-state index contributed by atoms with van der Waals surface area (Å²) < 4.78 is 41.0. The molecule has 1 aromatic heterocycles. The number of alkyl halides is 3. The van der Waals surface area contributed by atoms with E-state index in [1.165, 1.54) is 37.7 Å². The fourth-order valence-electron chi connectivity index (χ4n) is 5.90. The summed E-state index contributed by atoms with van der Waals surface area (Å²) in [5.41, 5.74) is -0.935. The van der Waals surface area contributed by atoms with Crippen LogP contribution >= 0.6 is 0 Å². The van der Waals surface area contributed by atoms with Gasteiger partial charge in [0.15, 0.2) is 5.69 Å². The zero-order valence-electron chi connectivity index (χ0n) is 27.4. The number of rotatable bonds is 5. The zero-order valence-corrected chi connectivity index (χ0v) is 27.4. The van der Waals surface area contributed by atoms with Crippen LogP contribution in [0.15, 0.2) is 42.6 Å². The minimum atomic E-state index is -4.59. The molecule has 0 aliphatic carbocycles. The minimum absolute atomic E-state index is 0.00933. The second kappa shape index (κ2) is 12.8. The van der Waals surface area contributed by atoms with Crippen molar-refractivity contribution >= 4 is 40.9 Å². The monoisotopic (exact) mass is 695 g/mol. The van der Waals surface area contributed by atoms with Gasteiger partial charge in [0.2, 0.25) is 11.8 Å². The van der Waals surface area contributed by atoms with Crippen molar-refractivity contribution in [2.45, 2.75) is 51.4 Å². The number of halogens is 3. The Bertz CT molecular complexity index is 2200. The Labute approximate surface area is 289 Å². The molecule has 3 aliphatic heterocycles. The van der Waals surface area contributed by atoms with Crippen molar-refractivity contribution in [2.75, 3.05) is 23.3 Å². The third kappa shape index (κ3) is 6.40. The number of carbonyl (C=O) groups is 5. The van der Waals surface area contributed by atoms with Crippen molar-refractivity contribution in [3.05, 3.63) is 76.1 Å². The highest BCUT2D eigenvalue weighted by Gasteiger charge is 2.45. The van der Waals surface area contributed by atoms with Gasteiger partial charge in [-0.1, -0.05) is 17.8 Å². The van der Waals surface area contributed by atoms with Crippen LogP contribution in [0.5, 0.6) is 0 Å². The van der Waals surface area contributed by atoms with E-state index >= 15 is 0 Å². The summed E-state index contributed by atoms with van der Waals surface area (Å²) in [6.45, 7) is 5.48. The molecule has 1 unspecified atom stereocenters. The lowest BCUT2D eigenvalue weighted by molar-refractivity contribution is -0.138. The largest absolute Gasteiger partial charge is 0.416 e. The van der Waals surface area contributed by atoms with Gasteiger partial charge in [0.05, 0.1) is 33.9 Å². The number of piperidine rings is 1. The van der Waals surface area contributed by atoms with Gasteiger partial charge < -0.3 is 10.2 Å². The van der Waals surface area contributed by atoms with Gasteiger partial charge in [-0.25, -0.2) is 0 Å². The summed E-state index contributed by atoms with van der Waals surface area (Å²) in [5, 5.41) is 18.8. The molecule has 12 nitrogen and oxygen atoms in total. The van der Waals surface area contributed by atoms with Crippen molar-refractivity contribution in [3.63, 3.8) is 0 Å². The molecule has 2 N–H and O–H groups in total. The normalized spacial score (nSPS) is 17.4. The molecule has 5 amide bonds. The lowest BCUT2D eigenvalue weighted by Gasteiger charge is -2.38. The van der Waals surface area contributed by atoms with Gasteiger partial charge in [0, 0.05) is 37.0 Å². The number of nitrogens with one attached hydrogen (secondary N) is 2. The number of nitrogens with zero attached hydrogens (tertiary/aromatic N) is 5. The van der Waals surface area contributed by atoms with Gasteiger partial charge in [-0.2, -0.15) is 23.5 Å². The molecule has 0 saturated carbocycles. The van der Waals surface area contributed by atoms with Crippen LogP contribution in [0.25, 0.3) is 0 Å². The maximum absolute atomic E-state index is 13.4. The molecule has 2 fully saturated rings. The molecule has 3 aliphatic rings. The summed E-state index contributed by atoms with van der Waals surface area (Å²) in [6.07, 6.45) is -3.04. The van der Waals surface area contributed by atoms with Gasteiger partial charge >= 0.3 is 6.18 Å². The van der Waals surface area contributed by atoms with E-state index in [2.05, 4.69) is 39.4 Å². The second-order valence-corrected chi connectivity index (χ2v) is 12.6. The zero-order chi connectivity index (χ0) is 36.8. The van der Waals surface area contributed by atoms with Gasteiger partial charge in [-0.15, -0.1) is 5.92 Å². The molecule has 0 spiro atoms. The number of benzene rings is 2. The van der Waals surface area contributed by atoms with E-state index in [0.717, 1.165) is 23.1 Å². The van der Waals surface area contributed by atoms with Crippen molar-refractivity contribution in [2.24, 2.45) is 5.92 Å². The lowest BCUT2D eigenvalue weighted by atomic mass is 9.98. The van der Waals surface area contributed by atoms with E-state index in [9.17, 15) is 42.4 Å². The van der Waals surface area contributed by atoms with E-state index in [4.69, 9.17) is 0 Å². The van der Waals surface area contributed by atoms with Gasteiger partial charge in [0.25, 0.3) is 17.7 Å². The summed E-state index contributed by atoms with van der Waals surface area (Å²) in [7, 11) is 0. The number of anilines is 2. The Morgan fingerprint density at radius 3 is 2.39 bits per heavy atom. The van der Waals surface area contributed by atoms with Crippen molar-refractivity contribution < 1.29 is 37.1 Å². The fourth-order valence-corrected chi connectivity index (χ4v) is 5.90. The van der Waals surface area contributed by atoms with Crippen LogP contribution in [0.1, 0.15) is 76.7 Å². The van der Waals surface area contributed by atoms with Gasteiger partial charge in [-0.05, 0) is 63.6 Å². The quantitative estimate of drug-likeness (QED) is 0.304. The van der Waals surface area contributed by atoms with Crippen LogP contribution < -0.4 is 15.5 Å². The predicted molar refractivity (Wildman–Crippen MR) is 175 cm³/mol. The first kappa shape index (κ1) is 34.5. The number of amides is 5. The lowest BCUT2D eigenvalue weighted by Crippen LogP contribution is -2.54. The van der Waals surface area contributed by atoms with Crippen molar-refractivity contribution in [1.82, 2.24) is 20.0 Å². The number of aromatic nitrogens is 2. The highest BCUT2D eigenvalue weighted by Crippen LogP contribution is 2.34. The third-order valence-electron chi connectivity index (χ3n) is 8.88. The Morgan fingerprint density at radius 1 is 1.00 bits per heavy atom. The molecular weight excluding hydrogens is 667 g/mol. The van der Waals surface area contributed by atoms with E-state index < -0.39 is 52.9 Å². The fraction of sp³-hybridized carbons (Fsp3) is 0.306. The average Bonchev–Trinajstić information content (AvgIpc) is 3.59. The van der Waals surface area contributed by atoms with Crippen LogP contribution in [0.2, 0.25) is 0 Å².